The summed E-state index contributed by atoms with van der Waals surface area (Å²) in [6.07, 6.45) is -10.8. The van der Waals surface area contributed by atoms with Crippen molar-refractivity contribution in [1.29, 1.82) is 0 Å². The largest absolute Gasteiger partial charge is 0.481 e. The molecule has 0 aliphatic rings. The molecule has 1 unspecified atom stereocenters. The van der Waals surface area contributed by atoms with Crippen LogP contribution >= 0.6 is 11.6 Å². The fourth-order valence-electron chi connectivity index (χ4n) is 0.767. The summed E-state index contributed by atoms with van der Waals surface area (Å²) in [7, 11) is 0. The van der Waals surface area contributed by atoms with Crippen molar-refractivity contribution in [2.45, 2.75) is 19.0 Å². The molecule has 0 saturated heterocycles. The van der Waals surface area contributed by atoms with Gasteiger partial charge in [-0.25, -0.2) is 8.78 Å². The van der Waals surface area contributed by atoms with Gasteiger partial charge in [0.25, 0.3) is 6.43 Å². The SMILES string of the molecule is O=C(O)C(CCl)(CC(F)(F)F)C(F)F. The van der Waals surface area contributed by atoms with E-state index < -0.39 is 36.3 Å². The van der Waals surface area contributed by atoms with Crippen molar-refractivity contribution in [1.82, 2.24) is 0 Å². The second-order valence-electron chi connectivity index (χ2n) is 2.69. The first-order valence-electron chi connectivity index (χ1n) is 3.30. The van der Waals surface area contributed by atoms with Gasteiger partial charge in [0.1, 0.15) is 0 Å². The van der Waals surface area contributed by atoms with Gasteiger partial charge >= 0.3 is 12.1 Å². The van der Waals surface area contributed by atoms with E-state index >= 15 is 0 Å². The lowest BCUT2D eigenvalue weighted by molar-refractivity contribution is -0.192. The lowest BCUT2D eigenvalue weighted by atomic mass is 9.87. The van der Waals surface area contributed by atoms with E-state index in [-0.39, 0.29) is 0 Å². The average molecular weight is 241 g/mol. The monoisotopic (exact) mass is 240 g/mol. The van der Waals surface area contributed by atoms with Crippen LogP contribution < -0.4 is 0 Å². The van der Waals surface area contributed by atoms with E-state index in [0.717, 1.165) is 0 Å². The molecular weight excluding hydrogens is 235 g/mol. The fraction of sp³-hybridized carbons (Fsp3) is 0.833. The van der Waals surface area contributed by atoms with Crippen LogP contribution in [0, 0.1) is 5.41 Å². The van der Waals surface area contributed by atoms with Crippen LogP contribution in [-0.2, 0) is 4.79 Å². The van der Waals surface area contributed by atoms with E-state index in [1.165, 1.54) is 0 Å². The van der Waals surface area contributed by atoms with Crippen LogP contribution in [0.25, 0.3) is 0 Å². The van der Waals surface area contributed by atoms with E-state index in [4.69, 9.17) is 16.7 Å². The predicted molar refractivity (Wildman–Crippen MR) is 37.5 cm³/mol. The van der Waals surface area contributed by atoms with Crippen molar-refractivity contribution in [3.8, 4) is 0 Å². The quantitative estimate of drug-likeness (QED) is 0.606. The van der Waals surface area contributed by atoms with Crippen LogP contribution in [0.3, 0.4) is 0 Å². The summed E-state index contributed by atoms with van der Waals surface area (Å²) >= 11 is 4.86. The molecule has 0 aromatic rings. The Kier molecular flexibility index (Phi) is 4.11. The number of alkyl halides is 6. The molecule has 1 atom stereocenters. The highest BCUT2D eigenvalue weighted by molar-refractivity contribution is 6.19. The van der Waals surface area contributed by atoms with Crippen LogP contribution in [0.15, 0.2) is 0 Å². The number of carboxylic acids is 1. The lowest BCUT2D eigenvalue weighted by Crippen LogP contribution is -2.43. The molecule has 1 N–H and O–H groups in total. The zero-order chi connectivity index (χ0) is 11.6. The number of halogens is 6. The topological polar surface area (TPSA) is 37.3 Å². The van der Waals surface area contributed by atoms with Crippen molar-refractivity contribution >= 4 is 17.6 Å². The first-order chi connectivity index (χ1) is 6.15. The summed E-state index contributed by atoms with van der Waals surface area (Å²) in [4.78, 5) is 10.3. The standard InChI is InChI=1S/C6H6ClF5O2/c7-2-5(3(8)9,4(13)14)1-6(10,11)12/h3H,1-2H2,(H,13,14). The number of hydrogen-bond acceptors (Lipinski definition) is 1. The van der Waals surface area contributed by atoms with Gasteiger partial charge in [-0.15, -0.1) is 11.6 Å². The zero-order valence-electron chi connectivity index (χ0n) is 6.61. The first kappa shape index (κ1) is 13.4. The number of hydrogen-bond donors (Lipinski definition) is 1. The molecule has 0 amide bonds. The van der Waals surface area contributed by atoms with Crippen molar-refractivity contribution in [2.24, 2.45) is 5.41 Å². The molecule has 14 heavy (non-hydrogen) atoms. The Hall–Kier alpha value is -0.590. The van der Waals surface area contributed by atoms with E-state index in [2.05, 4.69) is 0 Å². The maximum absolute atomic E-state index is 12.2. The van der Waals surface area contributed by atoms with Gasteiger partial charge in [-0.05, 0) is 0 Å². The van der Waals surface area contributed by atoms with Gasteiger partial charge in [0, 0.05) is 5.88 Å². The van der Waals surface area contributed by atoms with Crippen molar-refractivity contribution < 1.29 is 31.9 Å². The summed E-state index contributed by atoms with van der Waals surface area (Å²) in [6.45, 7) is 0. The molecule has 0 aliphatic heterocycles. The van der Waals surface area contributed by atoms with Gasteiger partial charge < -0.3 is 5.11 Å². The molecule has 0 aromatic heterocycles. The van der Waals surface area contributed by atoms with E-state index in [9.17, 15) is 26.7 Å². The summed E-state index contributed by atoms with van der Waals surface area (Å²) in [5.74, 6) is -3.54. The minimum Gasteiger partial charge on any atom is -0.481 e. The van der Waals surface area contributed by atoms with Gasteiger partial charge in [0.15, 0.2) is 5.41 Å². The molecule has 0 aliphatic carbocycles. The summed E-state index contributed by atoms with van der Waals surface area (Å²) in [5, 5.41) is 8.29. The summed E-state index contributed by atoms with van der Waals surface area (Å²) < 4.78 is 59.7. The molecular formula is C6H6ClF5O2. The predicted octanol–water partition coefficient (Wildman–Crippen LogP) is 2.51. The van der Waals surface area contributed by atoms with Crippen LogP contribution in [0.1, 0.15) is 6.42 Å². The van der Waals surface area contributed by atoms with Gasteiger partial charge in [-0.3, -0.25) is 4.79 Å². The van der Waals surface area contributed by atoms with E-state index in [1.54, 1.807) is 0 Å². The third kappa shape index (κ3) is 2.97. The molecule has 0 heterocycles. The summed E-state index contributed by atoms with van der Waals surface area (Å²) in [6, 6.07) is 0. The van der Waals surface area contributed by atoms with Crippen LogP contribution in [0.5, 0.6) is 0 Å². The molecule has 0 spiro atoms. The van der Waals surface area contributed by atoms with Gasteiger partial charge in [-0.2, -0.15) is 13.2 Å². The number of carboxylic acid groups (broad SMARTS) is 1. The smallest absolute Gasteiger partial charge is 0.390 e. The Labute approximate surface area is 80.7 Å². The molecule has 84 valence electrons. The molecule has 0 radical (unpaired) electrons. The third-order valence-electron chi connectivity index (χ3n) is 1.60. The molecule has 0 saturated carbocycles. The summed E-state index contributed by atoms with van der Waals surface area (Å²) in [5.41, 5.74) is -3.25. The number of rotatable bonds is 4. The van der Waals surface area contributed by atoms with Crippen molar-refractivity contribution in [3.63, 3.8) is 0 Å². The Morgan fingerprint density at radius 2 is 1.79 bits per heavy atom. The first-order valence-corrected chi connectivity index (χ1v) is 3.83. The molecule has 0 fully saturated rings. The zero-order valence-corrected chi connectivity index (χ0v) is 7.37. The lowest BCUT2D eigenvalue weighted by Gasteiger charge is -2.26. The maximum Gasteiger partial charge on any atom is 0.390 e. The average Bonchev–Trinajstić information content (AvgIpc) is 1.97. The highest BCUT2D eigenvalue weighted by Gasteiger charge is 2.54. The third-order valence-corrected chi connectivity index (χ3v) is 2.07. The van der Waals surface area contributed by atoms with Gasteiger partial charge in [0.2, 0.25) is 0 Å². The molecule has 8 heteroatoms. The Bertz CT molecular complexity index is 217. The van der Waals surface area contributed by atoms with Gasteiger partial charge in [0.05, 0.1) is 6.42 Å². The Morgan fingerprint density at radius 1 is 1.36 bits per heavy atom. The molecule has 0 aromatic carbocycles. The van der Waals surface area contributed by atoms with E-state index in [0.29, 0.717) is 0 Å². The van der Waals surface area contributed by atoms with Crippen LogP contribution in [-0.4, -0.2) is 29.6 Å². The molecule has 0 rings (SSSR count). The van der Waals surface area contributed by atoms with Crippen LogP contribution in [0.2, 0.25) is 0 Å². The van der Waals surface area contributed by atoms with Crippen molar-refractivity contribution in [2.75, 3.05) is 5.88 Å². The molecule has 2 nitrogen and oxygen atoms in total. The van der Waals surface area contributed by atoms with Crippen molar-refractivity contribution in [3.05, 3.63) is 0 Å². The fourth-order valence-corrected chi connectivity index (χ4v) is 1.09. The Morgan fingerprint density at radius 3 is 1.86 bits per heavy atom. The van der Waals surface area contributed by atoms with Crippen LogP contribution in [0.4, 0.5) is 22.0 Å². The number of carbonyl (C=O) groups is 1. The Balaban J connectivity index is 4.97. The van der Waals surface area contributed by atoms with E-state index in [1.807, 2.05) is 0 Å². The number of aliphatic carboxylic acids is 1. The molecule has 0 bridgehead atoms. The van der Waals surface area contributed by atoms with Gasteiger partial charge in [-0.1, -0.05) is 0 Å². The second kappa shape index (κ2) is 4.29. The second-order valence-corrected chi connectivity index (χ2v) is 2.95. The normalized spacial score (nSPS) is 16.8. The highest BCUT2D eigenvalue weighted by Crippen LogP contribution is 2.39. The minimum absolute atomic E-state index is 1.29. The minimum atomic E-state index is -5.00. The maximum atomic E-state index is 12.2. The highest BCUT2D eigenvalue weighted by atomic mass is 35.5.